The number of hydrogen-bond acceptors (Lipinski definition) is 5. The van der Waals surface area contributed by atoms with Gasteiger partial charge in [-0.15, -0.1) is 0 Å². The second-order valence-corrected chi connectivity index (χ2v) is 6.32. The smallest absolute Gasteiger partial charge is 0.410 e. The molecule has 130 valence electrons. The molecule has 0 heterocycles. The van der Waals surface area contributed by atoms with Crippen molar-refractivity contribution in [1.29, 1.82) is 0 Å². The van der Waals surface area contributed by atoms with Crippen LogP contribution in [0.2, 0.25) is 0 Å². The predicted molar refractivity (Wildman–Crippen MR) is 90.4 cm³/mol. The minimum absolute atomic E-state index is 0.303. The highest BCUT2D eigenvalue weighted by Gasteiger charge is 2.19. The van der Waals surface area contributed by atoms with E-state index in [1.807, 2.05) is 45.0 Å². The second kappa shape index (κ2) is 8.74. The predicted octanol–water partition coefficient (Wildman–Crippen LogP) is 3.08. The topological polar surface area (TPSA) is 60.0 Å². The van der Waals surface area contributed by atoms with Crippen molar-refractivity contribution < 1.29 is 19.0 Å². The molecule has 1 N–H and O–H groups in total. The number of nitrogens with zero attached hydrogens (tertiary/aromatic N) is 1. The maximum atomic E-state index is 12.0. The normalized spacial score (nSPS) is 11.4. The summed E-state index contributed by atoms with van der Waals surface area (Å²) in [6.07, 6.45) is -0.641. The molecule has 6 nitrogen and oxygen atoms in total. The van der Waals surface area contributed by atoms with Gasteiger partial charge in [0.25, 0.3) is 0 Å². The van der Waals surface area contributed by atoms with Crippen molar-refractivity contribution in [1.82, 2.24) is 4.90 Å². The van der Waals surface area contributed by atoms with Gasteiger partial charge in [-0.05, 0) is 38.5 Å². The van der Waals surface area contributed by atoms with Crippen LogP contribution in [0.4, 0.5) is 10.5 Å². The Morgan fingerprint density at radius 1 is 1.26 bits per heavy atom. The summed E-state index contributed by atoms with van der Waals surface area (Å²) in [6.45, 7) is 6.57. The third-order valence-electron chi connectivity index (χ3n) is 3.05. The Balaban J connectivity index is 2.61. The Morgan fingerprint density at radius 2 is 1.91 bits per heavy atom. The Bertz CT molecular complexity index is 496. The Morgan fingerprint density at radius 3 is 2.48 bits per heavy atom. The summed E-state index contributed by atoms with van der Waals surface area (Å²) in [6, 6.07) is 7.86. The van der Waals surface area contributed by atoms with Gasteiger partial charge in [0.05, 0.1) is 6.54 Å². The largest absolute Gasteiger partial charge is 0.444 e. The average molecular weight is 324 g/mol. The van der Waals surface area contributed by atoms with Gasteiger partial charge >= 0.3 is 6.09 Å². The quantitative estimate of drug-likeness (QED) is 0.781. The van der Waals surface area contributed by atoms with Gasteiger partial charge in [0.15, 0.2) is 6.29 Å². The number of hydrogen-bond donors (Lipinski definition) is 1. The van der Waals surface area contributed by atoms with Crippen LogP contribution in [-0.2, 0) is 20.8 Å². The molecule has 0 aliphatic carbocycles. The molecule has 1 amide bonds. The van der Waals surface area contributed by atoms with E-state index in [2.05, 4.69) is 5.32 Å². The zero-order valence-corrected chi connectivity index (χ0v) is 14.9. The molecule has 0 spiro atoms. The molecule has 0 saturated carbocycles. The molecule has 0 unspecified atom stereocenters. The fourth-order valence-corrected chi connectivity index (χ4v) is 1.92. The molecule has 0 fully saturated rings. The average Bonchev–Trinajstić information content (AvgIpc) is 2.47. The Labute approximate surface area is 138 Å². The molecule has 1 rings (SSSR count). The van der Waals surface area contributed by atoms with Gasteiger partial charge in [0.2, 0.25) is 0 Å². The highest BCUT2D eigenvalue weighted by atomic mass is 16.7. The van der Waals surface area contributed by atoms with Crippen molar-refractivity contribution >= 4 is 11.8 Å². The molecule has 0 atom stereocenters. The van der Waals surface area contributed by atoms with Crippen molar-refractivity contribution in [3.05, 3.63) is 29.8 Å². The van der Waals surface area contributed by atoms with Crippen molar-refractivity contribution in [3.8, 4) is 0 Å². The number of nitrogens with one attached hydrogen (secondary N) is 1. The molecule has 0 bridgehead atoms. The van der Waals surface area contributed by atoms with E-state index in [1.165, 1.54) is 0 Å². The fraction of sp³-hybridized carbons (Fsp3) is 0.588. The summed E-state index contributed by atoms with van der Waals surface area (Å²) in [4.78, 5) is 13.5. The van der Waals surface area contributed by atoms with Crippen LogP contribution < -0.4 is 5.32 Å². The van der Waals surface area contributed by atoms with E-state index in [1.54, 1.807) is 26.2 Å². The van der Waals surface area contributed by atoms with Gasteiger partial charge < -0.3 is 24.4 Å². The van der Waals surface area contributed by atoms with Gasteiger partial charge in [-0.3, -0.25) is 0 Å². The Hall–Kier alpha value is -1.79. The lowest BCUT2D eigenvalue weighted by atomic mass is 10.2. The molecule has 6 heteroatoms. The standard InChI is InChI=1S/C17H28N2O4/c1-17(2,3)23-16(20)19(4)12-13-8-7-9-14(10-13)18-11-15(21-5)22-6/h7-10,15,18H,11-12H2,1-6H3. The maximum Gasteiger partial charge on any atom is 0.410 e. The molecule has 0 saturated heterocycles. The highest BCUT2D eigenvalue weighted by Crippen LogP contribution is 2.15. The van der Waals surface area contributed by atoms with Crippen molar-refractivity contribution in [2.75, 3.05) is 33.1 Å². The molecule has 0 radical (unpaired) electrons. The van der Waals surface area contributed by atoms with E-state index in [0.29, 0.717) is 13.1 Å². The van der Waals surface area contributed by atoms with Crippen molar-refractivity contribution in [2.24, 2.45) is 0 Å². The molecule has 0 aliphatic heterocycles. The van der Waals surface area contributed by atoms with Gasteiger partial charge in [0.1, 0.15) is 5.60 Å². The summed E-state index contributed by atoms with van der Waals surface area (Å²) in [5.74, 6) is 0. The van der Waals surface area contributed by atoms with Crippen molar-refractivity contribution in [2.45, 2.75) is 39.2 Å². The number of amides is 1. The van der Waals surface area contributed by atoms with Crippen LogP contribution in [0.3, 0.4) is 0 Å². The fourth-order valence-electron chi connectivity index (χ4n) is 1.92. The molecule has 0 aromatic heterocycles. The van der Waals surface area contributed by atoms with E-state index in [-0.39, 0.29) is 12.4 Å². The number of anilines is 1. The van der Waals surface area contributed by atoms with E-state index < -0.39 is 5.60 Å². The van der Waals surface area contributed by atoms with Crippen LogP contribution in [-0.4, -0.2) is 50.7 Å². The highest BCUT2D eigenvalue weighted by molar-refractivity contribution is 5.67. The summed E-state index contributed by atoms with van der Waals surface area (Å²) in [5.41, 5.74) is 1.46. The summed E-state index contributed by atoms with van der Waals surface area (Å²) in [7, 11) is 4.92. The third-order valence-corrected chi connectivity index (χ3v) is 3.05. The zero-order valence-electron chi connectivity index (χ0n) is 14.9. The van der Waals surface area contributed by atoms with Crippen LogP contribution in [0.1, 0.15) is 26.3 Å². The minimum atomic E-state index is -0.496. The molecule has 1 aromatic rings. The van der Waals surface area contributed by atoms with Crippen molar-refractivity contribution in [3.63, 3.8) is 0 Å². The number of benzene rings is 1. The van der Waals surface area contributed by atoms with E-state index in [9.17, 15) is 4.79 Å². The first-order valence-corrected chi connectivity index (χ1v) is 7.57. The first-order valence-electron chi connectivity index (χ1n) is 7.57. The van der Waals surface area contributed by atoms with E-state index in [0.717, 1.165) is 11.3 Å². The Kier molecular flexibility index (Phi) is 7.32. The molecule has 23 heavy (non-hydrogen) atoms. The van der Waals surface area contributed by atoms with Gasteiger partial charge in [-0.2, -0.15) is 0 Å². The van der Waals surface area contributed by atoms with Crippen LogP contribution >= 0.6 is 0 Å². The summed E-state index contributed by atoms with van der Waals surface area (Å²) < 4.78 is 15.6. The molecule has 1 aromatic carbocycles. The van der Waals surface area contributed by atoms with Crippen LogP contribution in [0.25, 0.3) is 0 Å². The first kappa shape index (κ1) is 19.3. The van der Waals surface area contributed by atoms with Gasteiger partial charge in [-0.25, -0.2) is 4.79 Å². The molecule has 0 aliphatic rings. The van der Waals surface area contributed by atoms with E-state index in [4.69, 9.17) is 14.2 Å². The minimum Gasteiger partial charge on any atom is -0.444 e. The van der Waals surface area contributed by atoms with Gasteiger partial charge in [-0.1, -0.05) is 12.1 Å². The lowest BCUT2D eigenvalue weighted by molar-refractivity contribution is -0.0914. The lowest BCUT2D eigenvalue weighted by Crippen LogP contribution is -2.33. The maximum absolute atomic E-state index is 12.0. The summed E-state index contributed by atoms with van der Waals surface area (Å²) in [5, 5.41) is 3.24. The van der Waals surface area contributed by atoms with Gasteiger partial charge in [0, 0.05) is 33.5 Å². The summed E-state index contributed by atoms with van der Waals surface area (Å²) >= 11 is 0. The van der Waals surface area contributed by atoms with Crippen LogP contribution in [0.5, 0.6) is 0 Å². The first-order chi connectivity index (χ1) is 10.7. The molecular weight excluding hydrogens is 296 g/mol. The zero-order chi connectivity index (χ0) is 17.5. The number of carbonyl (C=O) groups excluding carboxylic acids is 1. The monoisotopic (exact) mass is 324 g/mol. The SMILES string of the molecule is COC(CNc1cccc(CN(C)C(=O)OC(C)(C)C)c1)OC. The number of carbonyl (C=O) groups is 1. The lowest BCUT2D eigenvalue weighted by Gasteiger charge is -2.24. The number of rotatable bonds is 7. The van der Waals surface area contributed by atoms with Crippen LogP contribution in [0.15, 0.2) is 24.3 Å². The second-order valence-electron chi connectivity index (χ2n) is 6.32. The molecular formula is C17H28N2O4. The number of ether oxygens (including phenoxy) is 3. The van der Waals surface area contributed by atoms with E-state index >= 15 is 0 Å². The number of methoxy groups -OCH3 is 2. The van der Waals surface area contributed by atoms with Crippen LogP contribution in [0, 0.1) is 0 Å². The third kappa shape index (κ3) is 7.34.